The number of benzene rings is 1. The van der Waals surface area contributed by atoms with Crippen molar-refractivity contribution in [2.45, 2.75) is 39.7 Å². The lowest BCUT2D eigenvalue weighted by atomic mass is 9.94. The number of amides is 2. The Labute approximate surface area is 177 Å². The first kappa shape index (κ1) is 23.9. The Bertz CT molecular complexity index is 892. The molecular weight excluding hydrogens is 408 g/mol. The van der Waals surface area contributed by atoms with Crippen molar-refractivity contribution in [2.24, 2.45) is 5.92 Å². The average molecular weight is 439 g/mol. The van der Waals surface area contributed by atoms with E-state index in [9.17, 15) is 22.8 Å². The number of carbonyl (C=O) groups excluding carboxylic acids is 3. The van der Waals surface area contributed by atoms with Gasteiger partial charge in [-0.2, -0.15) is 0 Å². The molecule has 0 spiro atoms. The largest absolute Gasteiger partial charge is 0.483 e. The zero-order valence-corrected chi connectivity index (χ0v) is 18.8. The number of ketones is 1. The Kier molecular flexibility index (Phi) is 8.00. The highest BCUT2D eigenvalue weighted by Crippen LogP contribution is 2.22. The molecule has 1 saturated heterocycles. The summed E-state index contributed by atoms with van der Waals surface area (Å²) >= 11 is 0. The molecule has 9 heteroatoms. The van der Waals surface area contributed by atoms with Gasteiger partial charge in [0, 0.05) is 25.3 Å². The highest BCUT2D eigenvalue weighted by atomic mass is 32.2. The fourth-order valence-corrected chi connectivity index (χ4v) is 4.35. The number of carbonyl (C=O) groups is 3. The van der Waals surface area contributed by atoms with E-state index in [0.29, 0.717) is 25.1 Å². The van der Waals surface area contributed by atoms with Gasteiger partial charge < -0.3 is 15.0 Å². The molecule has 1 aromatic rings. The van der Waals surface area contributed by atoms with Crippen LogP contribution in [0.3, 0.4) is 0 Å². The predicted octanol–water partition coefficient (Wildman–Crippen LogP) is 1.04. The number of sulfone groups is 1. The number of piperidine rings is 1. The maximum atomic E-state index is 12.7. The molecule has 1 fully saturated rings. The summed E-state index contributed by atoms with van der Waals surface area (Å²) in [4.78, 5) is 38.7. The number of hydrogen-bond acceptors (Lipinski definition) is 6. The van der Waals surface area contributed by atoms with Gasteiger partial charge in [-0.25, -0.2) is 8.42 Å². The van der Waals surface area contributed by atoms with Crippen molar-refractivity contribution in [3.8, 4) is 5.75 Å². The van der Waals surface area contributed by atoms with Crippen LogP contribution in [0.1, 0.15) is 30.9 Å². The summed E-state index contributed by atoms with van der Waals surface area (Å²) in [6.07, 6.45) is 2.19. The van der Waals surface area contributed by atoms with Gasteiger partial charge in [-0.3, -0.25) is 14.4 Å². The van der Waals surface area contributed by atoms with Crippen LogP contribution in [0, 0.1) is 19.8 Å². The van der Waals surface area contributed by atoms with Crippen molar-refractivity contribution in [2.75, 3.05) is 31.7 Å². The Morgan fingerprint density at radius 1 is 1.23 bits per heavy atom. The molecule has 1 heterocycles. The molecule has 0 aliphatic carbocycles. The third kappa shape index (κ3) is 6.83. The Balaban J connectivity index is 1.88. The first-order valence-electron chi connectivity index (χ1n) is 9.95. The van der Waals surface area contributed by atoms with E-state index >= 15 is 0 Å². The van der Waals surface area contributed by atoms with E-state index in [4.69, 9.17) is 4.74 Å². The Hall–Kier alpha value is -2.42. The summed E-state index contributed by atoms with van der Waals surface area (Å²) in [6.45, 7) is 5.81. The first-order chi connectivity index (χ1) is 14.0. The number of Topliss-reactive ketones (excluding diaryl/α,β-unsaturated/α-hetero) is 1. The molecule has 8 nitrogen and oxygen atoms in total. The van der Waals surface area contributed by atoms with Gasteiger partial charge >= 0.3 is 0 Å². The molecule has 1 N–H and O–H groups in total. The number of para-hydroxylation sites is 1. The lowest BCUT2D eigenvalue weighted by Gasteiger charge is -2.33. The number of likely N-dealkylation sites (tertiary alicyclic amines) is 1. The minimum absolute atomic E-state index is 0.173. The van der Waals surface area contributed by atoms with Gasteiger partial charge in [0.05, 0.1) is 0 Å². The van der Waals surface area contributed by atoms with E-state index in [1.54, 1.807) is 6.92 Å². The van der Waals surface area contributed by atoms with Crippen LogP contribution >= 0.6 is 0 Å². The highest BCUT2D eigenvalue weighted by Gasteiger charge is 2.31. The molecule has 1 aromatic carbocycles. The second kappa shape index (κ2) is 10.1. The highest BCUT2D eigenvalue weighted by molar-refractivity contribution is 7.91. The summed E-state index contributed by atoms with van der Waals surface area (Å²) in [5, 5.41) is 2.63. The lowest BCUT2D eigenvalue weighted by Crippen LogP contribution is -2.51. The molecule has 2 rings (SSSR count). The Morgan fingerprint density at radius 2 is 1.87 bits per heavy atom. The van der Waals surface area contributed by atoms with Crippen molar-refractivity contribution in [3.63, 3.8) is 0 Å². The van der Waals surface area contributed by atoms with Gasteiger partial charge in [-0.05, 0) is 44.7 Å². The number of hydrogen-bond donors (Lipinski definition) is 1. The van der Waals surface area contributed by atoms with Crippen molar-refractivity contribution < 1.29 is 27.5 Å². The molecule has 2 amide bonds. The SMILES string of the molecule is Cc1cccc(C)c1OCC(=O)N[C@H](C)C(=O)N1CCC[C@@H](C(=O)CS(C)(=O)=O)C1. The minimum Gasteiger partial charge on any atom is -0.483 e. The Morgan fingerprint density at radius 3 is 2.47 bits per heavy atom. The normalized spacial score (nSPS) is 17.9. The zero-order chi connectivity index (χ0) is 22.5. The van der Waals surface area contributed by atoms with Crippen molar-refractivity contribution in [3.05, 3.63) is 29.3 Å². The van der Waals surface area contributed by atoms with Gasteiger partial charge in [0.25, 0.3) is 5.91 Å². The molecule has 166 valence electrons. The topological polar surface area (TPSA) is 110 Å². The van der Waals surface area contributed by atoms with Crippen LogP contribution in [0.4, 0.5) is 0 Å². The summed E-state index contributed by atoms with van der Waals surface area (Å²) < 4.78 is 28.4. The van der Waals surface area contributed by atoms with Gasteiger partial charge in [-0.1, -0.05) is 18.2 Å². The lowest BCUT2D eigenvalue weighted by molar-refractivity contribution is -0.139. The minimum atomic E-state index is -3.40. The molecule has 0 unspecified atom stereocenters. The van der Waals surface area contributed by atoms with E-state index in [2.05, 4.69) is 5.32 Å². The average Bonchev–Trinajstić information content (AvgIpc) is 2.65. The molecule has 1 aliphatic heterocycles. The summed E-state index contributed by atoms with van der Waals surface area (Å²) in [7, 11) is -3.40. The molecule has 1 aliphatic rings. The number of aryl methyl sites for hydroxylation is 2. The fraction of sp³-hybridized carbons (Fsp3) is 0.571. The summed E-state index contributed by atoms with van der Waals surface area (Å²) in [6, 6.07) is 4.92. The van der Waals surface area contributed by atoms with E-state index in [1.807, 2.05) is 32.0 Å². The standard InChI is InChI=1S/C21H30N2O6S/c1-14-7-5-8-15(2)20(14)29-12-19(25)22-16(3)21(26)23-10-6-9-17(11-23)18(24)13-30(4,27)28/h5,7-8,16-17H,6,9-13H2,1-4H3,(H,22,25)/t16-,17-/m1/s1. The van der Waals surface area contributed by atoms with Crippen molar-refractivity contribution >= 4 is 27.4 Å². The number of ether oxygens (including phenoxy) is 1. The van der Waals surface area contributed by atoms with Gasteiger partial charge in [-0.15, -0.1) is 0 Å². The summed E-state index contributed by atoms with van der Waals surface area (Å²) in [5.41, 5.74) is 1.84. The molecule has 0 aromatic heterocycles. The van der Waals surface area contributed by atoms with Crippen LogP contribution in [-0.4, -0.2) is 68.7 Å². The molecule has 30 heavy (non-hydrogen) atoms. The third-order valence-corrected chi connectivity index (χ3v) is 5.91. The van der Waals surface area contributed by atoms with Crippen LogP contribution in [0.5, 0.6) is 5.75 Å². The number of nitrogens with zero attached hydrogens (tertiary/aromatic N) is 1. The van der Waals surface area contributed by atoms with Crippen LogP contribution in [0.25, 0.3) is 0 Å². The van der Waals surface area contributed by atoms with Crippen LogP contribution < -0.4 is 10.1 Å². The second-order valence-corrected chi connectivity index (χ2v) is 10.1. The number of nitrogens with one attached hydrogen (secondary N) is 1. The van der Waals surface area contributed by atoms with Gasteiger partial charge in [0.1, 0.15) is 17.5 Å². The monoisotopic (exact) mass is 438 g/mol. The zero-order valence-electron chi connectivity index (χ0n) is 17.9. The van der Waals surface area contributed by atoms with Crippen LogP contribution in [-0.2, 0) is 24.2 Å². The van der Waals surface area contributed by atoms with Gasteiger partial charge in [0.2, 0.25) is 5.91 Å². The molecule has 0 bridgehead atoms. The van der Waals surface area contributed by atoms with Crippen molar-refractivity contribution in [1.29, 1.82) is 0 Å². The van der Waals surface area contributed by atoms with Crippen LogP contribution in [0.15, 0.2) is 18.2 Å². The second-order valence-electron chi connectivity index (χ2n) is 7.96. The fourth-order valence-electron chi connectivity index (χ4n) is 3.60. The maximum Gasteiger partial charge on any atom is 0.258 e. The molecule has 0 radical (unpaired) electrons. The predicted molar refractivity (Wildman–Crippen MR) is 113 cm³/mol. The van der Waals surface area contributed by atoms with E-state index < -0.39 is 33.5 Å². The van der Waals surface area contributed by atoms with Gasteiger partial charge in [0.15, 0.2) is 22.2 Å². The molecular formula is C21H30N2O6S. The molecule has 2 atom stereocenters. The van der Waals surface area contributed by atoms with E-state index in [1.165, 1.54) is 4.90 Å². The third-order valence-electron chi connectivity index (χ3n) is 5.10. The van der Waals surface area contributed by atoms with E-state index in [-0.39, 0.29) is 24.8 Å². The van der Waals surface area contributed by atoms with E-state index in [0.717, 1.165) is 17.4 Å². The quantitative estimate of drug-likeness (QED) is 0.649. The first-order valence-corrected chi connectivity index (χ1v) is 12.0. The summed E-state index contributed by atoms with van der Waals surface area (Å²) in [5.74, 6) is -1.44. The maximum absolute atomic E-state index is 12.7. The van der Waals surface area contributed by atoms with Crippen LogP contribution in [0.2, 0.25) is 0 Å². The number of rotatable bonds is 8. The smallest absolute Gasteiger partial charge is 0.258 e. The van der Waals surface area contributed by atoms with Crippen molar-refractivity contribution in [1.82, 2.24) is 10.2 Å². The molecule has 0 saturated carbocycles.